The van der Waals surface area contributed by atoms with E-state index in [4.69, 9.17) is 5.73 Å². The van der Waals surface area contributed by atoms with Crippen molar-refractivity contribution in [3.8, 4) is 11.5 Å². The molecule has 2 aromatic rings. The van der Waals surface area contributed by atoms with Crippen LogP contribution < -0.4 is 11.1 Å². The molecular formula is C12H13N3O3S. The van der Waals surface area contributed by atoms with Crippen LogP contribution in [0.5, 0.6) is 11.5 Å². The predicted octanol–water partition coefficient (Wildman–Crippen LogP) is 1.83. The molecule has 1 heterocycles. The summed E-state index contributed by atoms with van der Waals surface area (Å²) in [6, 6.07) is 3.46. The number of benzene rings is 1. The molecule has 0 aliphatic rings. The number of thiazole rings is 1. The minimum absolute atomic E-state index is 0.148. The Morgan fingerprint density at radius 2 is 2.00 bits per heavy atom. The van der Waals surface area contributed by atoms with Crippen molar-refractivity contribution in [2.75, 3.05) is 5.32 Å². The molecule has 19 heavy (non-hydrogen) atoms. The van der Waals surface area contributed by atoms with E-state index >= 15 is 0 Å². The SMILES string of the molecule is CC(N)c1csc(NC(=O)c2cc(O)cc(O)c2)n1. The number of aromatic nitrogens is 1. The number of amides is 1. The molecular weight excluding hydrogens is 266 g/mol. The summed E-state index contributed by atoms with van der Waals surface area (Å²) >= 11 is 1.26. The largest absolute Gasteiger partial charge is 0.508 e. The highest BCUT2D eigenvalue weighted by Crippen LogP contribution is 2.23. The lowest BCUT2D eigenvalue weighted by Gasteiger charge is -2.03. The van der Waals surface area contributed by atoms with Crippen LogP contribution in [-0.4, -0.2) is 21.1 Å². The Morgan fingerprint density at radius 1 is 1.37 bits per heavy atom. The molecule has 0 radical (unpaired) electrons. The molecule has 0 fully saturated rings. The second kappa shape index (κ2) is 5.25. The molecule has 2 rings (SSSR count). The van der Waals surface area contributed by atoms with E-state index in [1.165, 1.54) is 23.5 Å². The van der Waals surface area contributed by atoms with Crippen LogP contribution in [0.4, 0.5) is 5.13 Å². The summed E-state index contributed by atoms with van der Waals surface area (Å²) in [6.07, 6.45) is 0. The van der Waals surface area contributed by atoms with Crippen LogP contribution in [0.25, 0.3) is 0 Å². The highest BCUT2D eigenvalue weighted by molar-refractivity contribution is 7.14. The molecule has 6 nitrogen and oxygen atoms in total. The molecule has 0 aliphatic heterocycles. The Labute approximate surface area is 113 Å². The maximum Gasteiger partial charge on any atom is 0.257 e. The molecule has 0 bridgehead atoms. The summed E-state index contributed by atoms with van der Waals surface area (Å²) in [7, 11) is 0. The van der Waals surface area contributed by atoms with E-state index in [1.807, 2.05) is 0 Å². The van der Waals surface area contributed by atoms with Crippen LogP contribution >= 0.6 is 11.3 Å². The molecule has 0 saturated carbocycles. The highest BCUT2D eigenvalue weighted by atomic mass is 32.1. The van der Waals surface area contributed by atoms with Gasteiger partial charge in [-0.15, -0.1) is 11.3 Å². The summed E-state index contributed by atoms with van der Waals surface area (Å²) in [4.78, 5) is 16.1. The Bertz CT molecular complexity index is 590. The lowest BCUT2D eigenvalue weighted by atomic mass is 10.2. The quantitative estimate of drug-likeness (QED) is 0.685. The second-order valence-corrected chi connectivity index (χ2v) is 4.92. The molecule has 0 spiro atoms. The standard InChI is InChI=1S/C12H13N3O3S/c1-6(13)10-5-19-12(14-10)15-11(18)7-2-8(16)4-9(17)3-7/h2-6,16-17H,13H2,1H3,(H,14,15,18). The molecule has 5 N–H and O–H groups in total. The van der Waals surface area contributed by atoms with Crippen molar-refractivity contribution in [3.63, 3.8) is 0 Å². The van der Waals surface area contributed by atoms with Crippen LogP contribution in [0.3, 0.4) is 0 Å². The first-order chi connectivity index (χ1) is 8.95. The van der Waals surface area contributed by atoms with E-state index in [1.54, 1.807) is 12.3 Å². The highest BCUT2D eigenvalue weighted by Gasteiger charge is 2.12. The van der Waals surface area contributed by atoms with Crippen molar-refractivity contribution in [2.24, 2.45) is 5.73 Å². The Hall–Kier alpha value is -2.12. The number of carbonyl (C=O) groups is 1. The first-order valence-corrected chi connectivity index (χ1v) is 6.39. The van der Waals surface area contributed by atoms with Gasteiger partial charge in [0.25, 0.3) is 5.91 Å². The number of rotatable bonds is 3. The number of carbonyl (C=O) groups excluding carboxylic acids is 1. The van der Waals surface area contributed by atoms with Crippen LogP contribution in [0.1, 0.15) is 29.0 Å². The smallest absolute Gasteiger partial charge is 0.257 e. The van der Waals surface area contributed by atoms with Crippen molar-refractivity contribution >= 4 is 22.4 Å². The van der Waals surface area contributed by atoms with Gasteiger partial charge in [-0.25, -0.2) is 4.98 Å². The van der Waals surface area contributed by atoms with Gasteiger partial charge in [0.15, 0.2) is 5.13 Å². The van der Waals surface area contributed by atoms with Crippen LogP contribution in [0, 0.1) is 0 Å². The predicted molar refractivity (Wildman–Crippen MR) is 72.4 cm³/mol. The summed E-state index contributed by atoms with van der Waals surface area (Å²) in [5, 5.41) is 23.4. The fourth-order valence-corrected chi connectivity index (χ4v) is 2.26. The van der Waals surface area contributed by atoms with Gasteiger partial charge in [-0.1, -0.05) is 0 Å². The van der Waals surface area contributed by atoms with Crippen molar-refractivity contribution in [3.05, 3.63) is 34.8 Å². The molecule has 1 amide bonds. The number of phenols is 2. The number of nitrogens with zero attached hydrogens (tertiary/aromatic N) is 1. The van der Waals surface area contributed by atoms with Crippen LogP contribution in [-0.2, 0) is 0 Å². The summed E-state index contributed by atoms with van der Waals surface area (Å²) in [5.74, 6) is -0.821. The zero-order valence-corrected chi connectivity index (χ0v) is 10.9. The number of nitrogens with two attached hydrogens (primary N) is 1. The van der Waals surface area contributed by atoms with Crippen LogP contribution in [0.2, 0.25) is 0 Å². The first-order valence-electron chi connectivity index (χ1n) is 5.51. The summed E-state index contributed by atoms with van der Waals surface area (Å²) < 4.78 is 0. The number of hydrogen-bond acceptors (Lipinski definition) is 6. The Kier molecular flexibility index (Phi) is 3.68. The van der Waals surface area contributed by atoms with E-state index < -0.39 is 5.91 Å². The molecule has 1 atom stereocenters. The molecule has 1 aromatic heterocycles. The zero-order valence-electron chi connectivity index (χ0n) is 10.1. The second-order valence-electron chi connectivity index (χ2n) is 4.06. The average Bonchev–Trinajstić information content (AvgIpc) is 2.76. The zero-order chi connectivity index (χ0) is 14.0. The van der Waals surface area contributed by atoms with Crippen LogP contribution in [0.15, 0.2) is 23.6 Å². The van der Waals surface area contributed by atoms with Crippen molar-refractivity contribution in [2.45, 2.75) is 13.0 Å². The molecule has 7 heteroatoms. The third kappa shape index (κ3) is 3.21. The van der Waals surface area contributed by atoms with Gasteiger partial charge in [-0.2, -0.15) is 0 Å². The Morgan fingerprint density at radius 3 is 2.53 bits per heavy atom. The third-order valence-electron chi connectivity index (χ3n) is 2.37. The van der Waals surface area contributed by atoms with Gasteiger partial charge in [0.2, 0.25) is 0 Å². The number of aromatic hydroxyl groups is 2. The van der Waals surface area contributed by atoms with Gasteiger partial charge in [-0.05, 0) is 19.1 Å². The van der Waals surface area contributed by atoms with E-state index in [0.717, 1.165) is 6.07 Å². The minimum atomic E-state index is -0.461. The van der Waals surface area contributed by atoms with Crippen molar-refractivity contribution in [1.29, 1.82) is 0 Å². The van der Waals surface area contributed by atoms with Crippen molar-refractivity contribution < 1.29 is 15.0 Å². The van der Waals surface area contributed by atoms with E-state index in [0.29, 0.717) is 10.8 Å². The minimum Gasteiger partial charge on any atom is -0.508 e. The summed E-state index contributed by atoms with van der Waals surface area (Å²) in [5.41, 5.74) is 6.52. The van der Waals surface area contributed by atoms with Gasteiger partial charge in [0.05, 0.1) is 5.69 Å². The Balaban J connectivity index is 2.15. The number of nitrogens with one attached hydrogen (secondary N) is 1. The molecule has 100 valence electrons. The average molecular weight is 279 g/mol. The molecule has 1 aromatic carbocycles. The molecule has 1 unspecified atom stereocenters. The van der Waals surface area contributed by atoms with E-state index in [9.17, 15) is 15.0 Å². The number of hydrogen-bond donors (Lipinski definition) is 4. The maximum absolute atomic E-state index is 11.9. The number of phenolic OH excluding ortho intramolecular Hbond substituents is 2. The third-order valence-corrected chi connectivity index (χ3v) is 3.15. The molecule has 0 aliphatic carbocycles. The topological polar surface area (TPSA) is 108 Å². The van der Waals surface area contributed by atoms with E-state index in [-0.39, 0.29) is 23.1 Å². The monoisotopic (exact) mass is 279 g/mol. The van der Waals surface area contributed by atoms with Gasteiger partial charge in [0, 0.05) is 23.1 Å². The maximum atomic E-state index is 11.9. The van der Waals surface area contributed by atoms with Gasteiger partial charge in [-0.3, -0.25) is 10.1 Å². The fraction of sp³-hybridized carbons (Fsp3) is 0.167. The first kappa shape index (κ1) is 13.3. The van der Waals surface area contributed by atoms with Gasteiger partial charge >= 0.3 is 0 Å². The summed E-state index contributed by atoms with van der Waals surface area (Å²) in [6.45, 7) is 1.80. The normalized spacial score (nSPS) is 12.1. The number of anilines is 1. The van der Waals surface area contributed by atoms with Gasteiger partial charge in [0.1, 0.15) is 11.5 Å². The van der Waals surface area contributed by atoms with Crippen molar-refractivity contribution in [1.82, 2.24) is 4.98 Å². The molecule has 0 saturated heterocycles. The van der Waals surface area contributed by atoms with E-state index in [2.05, 4.69) is 10.3 Å². The lowest BCUT2D eigenvalue weighted by molar-refractivity contribution is 0.102. The lowest BCUT2D eigenvalue weighted by Crippen LogP contribution is -2.12. The van der Waals surface area contributed by atoms with Gasteiger partial charge < -0.3 is 15.9 Å². The fourth-order valence-electron chi connectivity index (χ4n) is 1.45.